The van der Waals surface area contributed by atoms with Crippen LogP contribution in [0.25, 0.3) is 32.6 Å². The Morgan fingerprint density at radius 2 is 1.76 bits per heavy atom. The molecule has 0 bridgehead atoms. The topological polar surface area (TPSA) is 35.3 Å². The molecule has 1 atom stereocenters. The van der Waals surface area contributed by atoms with Crippen LogP contribution in [-0.4, -0.2) is 11.6 Å². The van der Waals surface area contributed by atoms with E-state index in [1.807, 2.05) is 6.07 Å². The number of aromatic nitrogens is 1. The molecule has 29 heavy (non-hydrogen) atoms. The number of benzene rings is 4. The number of nitrogens with zero attached hydrogens (tertiary/aromatic N) is 1. The predicted octanol–water partition coefficient (Wildman–Crippen LogP) is 6.53. The summed E-state index contributed by atoms with van der Waals surface area (Å²) in [7, 11) is 0. The minimum absolute atomic E-state index is 0.294. The Morgan fingerprint density at radius 1 is 0.931 bits per heavy atom. The van der Waals surface area contributed by atoms with Gasteiger partial charge < -0.3 is 9.15 Å². The van der Waals surface area contributed by atoms with Crippen molar-refractivity contribution in [3.8, 4) is 5.75 Å². The van der Waals surface area contributed by atoms with Gasteiger partial charge in [0.25, 0.3) is 0 Å². The molecule has 0 saturated heterocycles. The second-order valence-corrected chi connectivity index (χ2v) is 8.06. The van der Waals surface area contributed by atoms with Crippen molar-refractivity contribution in [2.45, 2.75) is 26.2 Å². The summed E-state index contributed by atoms with van der Waals surface area (Å²) in [4.78, 5) is 5.01. The van der Waals surface area contributed by atoms with E-state index in [4.69, 9.17) is 14.1 Å². The Bertz CT molecular complexity index is 1400. The molecule has 4 aromatic carbocycles. The fraction of sp³-hybridized carbons (Fsp3) is 0.192. The molecule has 0 N–H and O–H groups in total. The fourth-order valence-electron chi connectivity index (χ4n) is 4.66. The molecular weight excluding hydrogens is 358 g/mol. The summed E-state index contributed by atoms with van der Waals surface area (Å²) in [6.07, 6.45) is 0.685. The molecule has 142 valence electrons. The van der Waals surface area contributed by atoms with E-state index in [9.17, 15) is 0 Å². The van der Waals surface area contributed by atoms with Gasteiger partial charge in [0, 0.05) is 28.7 Å². The SMILES string of the molecule is Cc1cccc2c1ccc1c3c(c4oc(Cc5ccccc5)nc4c12)C(C)CO3. The third-order valence-electron chi connectivity index (χ3n) is 6.09. The van der Waals surface area contributed by atoms with Gasteiger partial charge in [-0.15, -0.1) is 0 Å². The number of hydrogen-bond acceptors (Lipinski definition) is 3. The zero-order chi connectivity index (χ0) is 19.5. The minimum atomic E-state index is 0.294. The van der Waals surface area contributed by atoms with Crippen LogP contribution in [0.1, 0.15) is 35.4 Å². The van der Waals surface area contributed by atoms with Gasteiger partial charge in [0.2, 0.25) is 0 Å². The van der Waals surface area contributed by atoms with Gasteiger partial charge in [-0.05, 0) is 34.9 Å². The Hall–Kier alpha value is -3.33. The maximum Gasteiger partial charge on any atom is 0.199 e. The second-order valence-electron chi connectivity index (χ2n) is 8.06. The highest BCUT2D eigenvalue weighted by molar-refractivity contribution is 6.21. The number of rotatable bonds is 2. The van der Waals surface area contributed by atoms with Crippen LogP contribution >= 0.6 is 0 Å². The van der Waals surface area contributed by atoms with Gasteiger partial charge in [-0.1, -0.05) is 61.5 Å². The molecule has 6 rings (SSSR count). The zero-order valence-electron chi connectivity index (χ0n) is 16.5. The molecule has 0 fully saturated rings. The first-order valence-corrected chi connectivity index (χ1v) is 10.1. The number of aryl methyl sites for hydroxylation is 1. The van der Waals surface area contributed by atoms with Gasteiger partial charge in [0.15, 0.2) is 11.5 Å². The van der Waals surface area contributed by atoms with Gasteiger partial charge in [-0.25, -0.2) is 4.98 Å². The molecular formula is C26H21NO2. The highest BCUT2D eigenvalue weighted by atomic mass is 16.5. The van der Waals surface area contributed by atoms with Crippen molar-refractivity contribution >= 4 is 32.6 Å². The number of fused-ring (bicyclic) bond motifs is 8. The molecule has 1 aliphatic rings. The summed E-state index contributed by atoms with van der Waals surface area (Å²) in [6.45, 7) is 5.03. The van der Waals surface area contributed by atoms with Crippen LogP contribution in [-0.2, 0) is 6.42 Å². The van der Waals surface area contributed by atoms with E-state index >= 15 is 0 Å². The van der Waals surface area contributed by atoms with Crippen LogP contribution in [0.2, 0.25) is 0 Å². The van der Waals surface area contributed by atoms with E-state index in [1.165, 1.54) is 21.9 Å². The third kappa shape index (κ3) is 2.40. The summed E-state index contributed by atoms with van der Waals surface area (Å²) in [5.41, 5.74) is 5.47. The third-order valence-corrected chi connectivity index (χ3v) is 6.09. The summed E-state index contributed by atoms with van der Waals surface area (Å²) < 4.78 is 12.5. The molecule has 5 aromatic rings. The number of ether oxygens (including phenoxy) is 1. The van der Waals surface area contributed by atoms with Crippen molar-refractivity contribution in [2.75, 3.05) is 6.61 Å². The van der Waals surface area contributed by atoms with Crippen molar-refractivity contribution < 1.29 is 9.15 Å². The van der Waals surface area contributed by atoms with Gasteiger partial charge >= 0.3 is 0 Å². The lowest BCUT2D eigenvalue weighted by Gasteiger charge is -2.11. The molecule has 3 nitrogen and oxygen atoms in total. The predicted molar refractivity (Wildman–Crippen MR) is 117 cm³/mol. The maximum absolute atomic E-state index is 6.38. The van der Waals surface area contributed by atoms with Gasteiger partial charge in [0.1, 0.15) is 11.3 Å². The van der Waals surface area contributed by atoms with Crippen LogP contribution in [0.5, 0.6) is 5.75 Å². The zero-order valence-corrected chi connectivity index (χ0v) is 16.5. The summed E-state index contributed by atoms with van der Waals surface area (Å²) in [6, 6.07) is 21.2. The van der Waals surface area contributed by atoms with E-state index in [0.717, 1.165) is 39.1 Å². The first-order valence-electron chi connectivity index (χ1n) is 10.1. The average molecular weight is 379 g/mol. The maximum atomic E-state index is 6.38. The van der Waals surface area contributed by atoms with E-state index in [1.54, 1.807) is 0 Å². The van der Waals surface area contributed by atoms with Crippen molar-refractivity contribution in [3.05, 3.63) is 83.2 Å². The average Bonchev–Trinajstić information content (AvgIpc) is 3.32. The number of oxazole rings is 1. The van der Waals surface area contributed by atoms with Crippen LogP contribution in [0.15, 0.2) is 65.1 Å². The molecule has 1 unspecified atom stereocenters. The lowest BCUT2D eigenvalue weighted by atomic mass is 9.93. The normalized spacial score (nSPS) is 15.9. The Kier molecular flexibility index (Phi) is 3.48. The summed E-state index contributed by atoms with van der Waals surface area (Å²) >= 11 is 0. The smallest absolute Gasteiger partial charge is 0.199 e. The Morgan fingerprint density at radius 3 is 2.62 bits per heavy atom. The highest BCUT2D eigenvalue weighted by Gasteiger charge is 2.30. The molecule has 0 aliphatic carbocycles. The monoisotopic (exact) mass is 379 g/mol. The first-order chi connectivity index (χ1) is 14.2. The minimum Gasteiger partial charge on any atom is -0.492 e. The van der Waals surface area contributed by atoms with Crippen LogP contribution in [0, 0.1) is 6.92 Å². The molecule has 0 spiro atoms. The van der Waals surface area contributed by atoms with Crippen LogP contribution < -0.4 is 4.74 Å². The largest absolute Gasteiger partial charge is 0.492 e. The molecule has 0 saturated carbocycles. The fourth-order valence-corrected chi connectivity index (χ4v) is 4.66. The molecule has 3 heteroatoms. The van der Waals surface area contributed by atoms with E-state index < -0.39 is 0 Å². The van der Waals surface area contributed by atoms with E-state index in [2.05, 4.69) is 68.4 Å². The quantitative estimate of drug-likeness (QED) is 0.327. The highest BCUT2D eigenvalue weighted by Crippen LogP contribution is 2.47. The molecule has 0 amide bonds. The van der Waals surface area contributed by atoms with Gasteiger partial charge in [-0.2, -0.15) is 0 Å². The summed E-state index contributed by atoms with van der Waals surface area (Å²) in [5, 5.41) is 4.73. The molecule has 1 aliphatic heterocycles. The first kappa shape index (κ1) is 16.6. The van der Waals surface area contributed by atoms with Crippen LogP contribution in [0.3, 0.4) is 0 Å². The standard InChI is InChI=1S/C26H21NO2/c1-15-7-6-10-19-18(15)11-12-20-23(19)24-26(22-16(2)14-28-25(20)22)29-21(27-24)13-17-8-4-3-5-9-17/h3-12,16H,13-14H2,1-2H3. The Labute approximate surface area is 168 Å². The van der Waals surface area contributed by atoms with Gasteiger partial charge in [0.05, 0.1) is 6.61 Å². The second kappa shape index (κ2) is 6.08. The van der Waals surface area contributed by atoms with Crippen molar-refractivity contribution in [2.24, 2.45) is 0 Å². The lowest BCUT2D eigenvalue weighted by molar-refractivity contribution is 0.340. The van der Waals surface area contributed by atoms with Gasteiger partial charge in [-0.3, -0.25) is 0 Å². The van der Waals surface area contributed by atoms with E-state index in [-0.39, 0.29) is 0 Å². The van der Waals surface area contributed by atoms with Crippen molar-refractivity contribution in [1.82, 2.24) is 4.98 Å². The van der Waals surface area contributed by atoms with Crippen LogP contribution in [0.4, 0.5) is 0 Å². The molecule has 2 heterocycles. The summed E-state index contributed by atoms with van der Waals surface area (Å²) in [5.74, 6) is 2.01. The number of hydrogen-bond donors (Lipinski definition) is 0. The van der Waals surface area contributed by atoms with Crippen molar-refractivity contribution in [1.29, 1.82) is 0 Å². The van der Waals surface area contributed by atoms with Crippen molar-refractivity contribution in [3.63, 3.8) is 0 Å². The molecule has 1 aromatic heterocycles. The lowest BCUT2D eigenvalue weighted by Crippen LogP contribution is -1.93. The Balaban J connectivity index is 1.72. The molecule has 0 radical (unpaired) electrons. The van der Waals surface area contributed by atoms with E-state index in [0.29, 0.717) is 18.9 Å².